The Morgan fingerprint density at radius 1 is 1.26 bits per heavy atom. The van der Waals surface area contributed by atoms with Crippen molar-refractivity contribution in [3.05, 3.63) is 53.6 Å². The van der Waals surface area contributed by atoms with E-state index in [0.717, 1.165) is 9.87 Å². The Kier molecular flexibility index (Phi) is 5.17. The average molecular weight is 445 g/mol. The van der Waals surface area contributed by atoms with Gasteiger partial charge in [0, 0.05) is 24.9 Å². The molecule has 1 unspecified atom stereocenters. The number of carbonyl (C=O) groups excluding carboxylic acids is 2. The number of fused-ring (bicyclic) bond motifs is 2. The first-order valence-corrected chi connectivity index (χ1v) is 11.4. The van der Waals surface area contributed by atoms with Crippen LogP contribution in [0.15, 0.2) is 47.4 Å². The summed E-state index contributed by atoms with van der Waals surface area (Å²) in [5.41, 5.74) is 0.439. The predicted octanol–water partition coefficient (Wildman–Crippen LogP) is 2.65. The molecule has 1 N–H and O–H groups in total. The van der Waals surface area contributed by atoms with E-state index in [1.165, 1.54) is 12.1 Å². The Labute approximate surface area is 181 Å². The lowest BCUT2D eigenvalue weighted by atomic mass is 9.89. The molecule has 0 fully saturated rings. The Bertz CT molecular complexity index is 1160. The van der Waals surface area contributed by atoms with Crippen LogP contribution in [0.25, 0.3) is 0 Å². The number of ether oxygens (including phenoxy) is 2. The fourth-order valence-electron chi connectivity index (χ4n) is 4.01. The fraction of sp³-hybridized carbons (Fsp3) is 0.364. The lowest BCUT2D eigenvalue weighted by molar-refractivity contribution is -0.122. The van der Waals surface area contributed by atoms with Gasteiger partial charge in [0.25, 0.3) is 15.9 Å². The lowest BCUT2D eigenvalue weighted by Crippen LogP contribution is -2.42. The molecule has 0 spiro atoms. The Hall–Kier alpha value is -3.07. The quantitative estimate of drug-likeness (QED) is 0.761. The van der Waals surface area contributed by atoms with Crippen LogP contribution >= 0.6 is 0 Å². The Morgan fingerprint density at radius 3 is 2.71 bits per heavy atom. The zero-order valence-electron chi connectivity index (χ0n) is 17.5. The van der Waals surface area contributed by atoms with Crippen molar-refractivity contribution in [3.63, 3.8) is 0 Å². The molecular weight excluding hydrogens is 420 g/mol. The van der Waals surface area contributed by atoms with Gasteiger partial charge < -0.3 is 14.8 Å². The summed E-state index contributed by atoms with van der Waals surface area (Å²) in [5, 5.41) is 2.96. The molecule has 2 aromatic rings. The minimum absolute atomic E-state index is 0.0207. The minimum Gasteiger partial charge on any atom is -0.497 e. The normalized spacial score (nSPS) is 20.4. The molecule has 0 aliphatic carbocycles. The highest BCUT2D eigenvalue weighted by Gasteiger charge is 2.41. The number of nitrogens with zero attached hydrogens (tertiary/aromatic N) is 1. The molecule has 2 aliphatic rings. The maximum atomic E-state index is 12.7. The van der Waals surface area contributed by atoms with Gasteiger partial charge in [-0.1, -0.05) is 12.1 Å². The van der Waals surface area contributed by atoms with Gasteiger partial charge in [0.1, 0.15) is 22.0 Å². The van der Waals surface area contributed by atoms with Gasteiger partial charge >= 0.3 is 0 Å². The predicted molar refractivity (Wildman–Crippen MR) is 112 cm³/mol. The second kappa shape index (κ2) is 7.56. The zero-order chi connectivity index (χ0) is 22.4. The molecule has 8 nitrogen and oxygen atoms in total. The Morgan fingerprint density at radius 2 is 2.00 bits per heavy atom. The van der Waals surface area contributed by atoms with E-state index < -0.39 is 21.5 Å². The Balaban J connectivity index is 1.48. The largest absolute Gasteiger partial charge is 0.497 e. The zero-order valence-corrected chi connectivity index (χ0v) is 18.4. The molecule has 0 radical (unpaired) electrons. The van der Waals surface area contributed by atoms with Crippen molar-refractivity contribution < 1.29 is 27.5 Å². The molecule has 164 valence electrons. The number of hydrogen-bond donors (Lipinski definition) is 1. The summed E-state index contributed by atoms with van der Waals surface area (Å²) in [6, 6.07) is 11.1. The summed E-state index contributed by atoms with van der Waals surface area (Å²) >= 11 is 0. The van der Waals surface area contributed by atoms with Gasteiger partial charge in [0.2, 0.25) is 5.91 Å². The van der Waals surface area contributed by atoms with Crippen molar-refractivity contribution in [1.29, 1.82) is 0 Å². The van der Waals surface area contributed by atoms with Crippen LogP contribution in [0.5, 0.6) is 11.5 Å². The lowest BCUT2D eigenvalue weighted by Gasteiger charge is -2.38. The second-order valence-electron chi connectivity index (χ2n) is 8.22. The van der Waals surface area contributed by atoms with Gasteiger partial charge in [-0.05, 0) is 44.2 Å². The number of benzene rings is 2. The maximum absolute atomic E-state index is 12.7. The molecule has 0 saturated heterocycles. The smallest absolute Gasteiger partial charge is 0.269 e. The van der Waals surface area contributed by atoms with Crippen LogP contribution in [0.2, 0.25) is 0 Å². The van der Waals surface area contributed by atoms with E-state index >= 15 is 0 Å². The first kappa shape index (κ1) is 21.2. The van der Waals surface area contributed by atoms with Crippen LogP contribution in [0.3, 0.4) is 0 Å². The van der Waals surface area contributed by atoms with E-state index in [0.29, 0.717) is 17.9 Å². The van der Waals surface area contributed by atoms with Crippen molar-refractivity contribution in [2.75, 3.05) is 13.7 Å². The summed E-state index contributed by atoms with van der Waals surface area (Å²) in [5.74, 6) is 0.351. The van der Waals surface area contributed by atoms with Crippen molar-refractivity contribution >= 4 is 21.8 Å². The van der Waals surface area contributed by atoms with Crippen molar-refractivity contribution in [2.45, 2.75) is 43.2 Å². The number of rotatable bonds is 5. The van der Waals surface area contributed by atoms with Crippen molar-refractivity contribution in [1.82, 2.24) is 9.62 Å². The van der Waals surface area contributed by atoms with E-state index in [-0.39, 0.29) is 35.4 Å². The van der Waals surface area contributed by atoms with Crippen molar-refractivity contribution in [3.8, 4) is 11.5 Å². The van der Waals surface area contributed by atoms with Crippen LogP contribution in [0.1, 0.15) is 48.7 Å². The fourth-order valence-corrected chi connectivity index (χ4v) is 5.58. The molecule has 2 amide bonds. The molecular formula is C22H24N2O6S. The summed E-state index contributed by atoms with van der Waals surface area (Å²) in [6.45, 7) is 3.65. The first-order valence-electron chi connectivity index (χ1n) is 9.95. The van der Waals surface area contributed by atoms with E-state index in [4.69, 9.17) is 9.47 Å². The van der Waals surface area contributed by atoms with E-state index in [2.05, 4.69) is 5.32 Å². The summed E-state index contributed by atoms with van der Waals surface area (Å²) in [6.07, 6.45) is 0.390. The molecule has 0 saturated carbocycles. The van der Waals surface area contributed by atoms with Crippen LogP contribution in [0.4, 0.5) is 0 Å². The first-order chi connectivity index (χ1) is 14.6. The third-order valence-electron chi connectivity index (χ3n) is 5.46. The summed E-state index contributed by atoms with van der Waals surface area (Å²) in [7, 11) is -2.37. The standard InChI is InChI=1S/C22H24N2O6S/c1-22(2)13-17(16-12-14(29-3)8-9-18(16)30-22)23-20(25)10-11-24-21(26)15-6-4-5-7-19(15)31(24,27)28/h4-9,12,17H,10-11,13H2,1-3H3,(H,23,25). The molecule has 4 rings (SSSR count). The van der Waals surface area contributed by atoms with Crippen LogP contribution in [0, 0.1) is 0 Å². The molecule has 2 heterocycles. The molecule has 2 aliphatic heterocycles. The minimum atomic E-state index is -3.93. The van der Waals surface area contributed by atoms with E-state index in [9.17, 15) is 18.0 Å². The number of methoxy groups -OCH3 is 1. The maximum Gasteiger partial charge on any atom is 0.269 e. The molecule has 2 aromatic carbocycles. The number of carbonyl (C=O) groups is 2. The van der Waals surface area contributed by atoms with Gasteiger partial charge in [0.05, 0.1) is 18.7 Å². The van der Waals surface area contributed by atoms with Gasteiger partial charge in [-0.2, -0.15) is 0 Å². The number of amides is 2. The molecule has 9 heteroatoms. The number of sulfonamides is 1. The molecule has 0 aromatic heterocycles. The van der Waals surface area contributed by atoms with E-state index in [1.807, 2.05) is 19.9 Å². The third kappa shape index (κ3) is 3.85. The summed E-state index contributed by atoms with van der Waals surface area (Å²) in [4.78, 5) is 25.2. The topological polar surface area (TPSA) is 102 Å². The molecule has 31 heavy (non-hydrogen) atoms. The molecule has 0 bridgehead atoms. The van der Waals surface area contributed by atoms with Crippen molar-refractivity contribution in [2.24, 2.45) is 0 Å². The van der Waals surface area contributed by atoms with Crippen LogP contribution in [-0.2, 0) is 14.8 Å². The molecule has 1 atom stereocenters. The van der Waals surface area contributed by atoms with Gasteiger partial charge in [0.15, 0.2) is 0 Å². The number of hydrogen-bond acceptors (Lipinski definition) is 6. The van der Waals surface area contributed by atoms with Crippen LogP contribution < -0.4 is 14.8 Å². The highest BCUT2D eigenvalue weighted by Crippen LogP contribution is 2.41. The number of nitrogens with one attached hydrogen (secondary N) is 1. The monoisotopic (exact) mass is 444 g/mol. The average Bonchev–Trinajstić information content (AvgIpc) is 2.91. The SMILES string of the molecule is COc1ccc2c(c1)C(NC(=O)CCN1C(=O)c3ccccc3S1(=O)=O)CC(C)(C)O2. The summed E-state index contributed by atoms with van der Waals surface area (Å²) < 4.78 is 37.4. The highest BCUT2D eigenvalue weighted by atomic mass is 32.2. The second-order valence-corrected chi connectivity index (χ2v) is 10.0. The van der Waals surface area contributed by atoms with Crippen LogP contribution in [-0.4, -0.2) is 43.8 Å². The van der Waals surface area contributed by atoms with Gasteiger partial charge in [-0.25, -0.2) is 12.7 Å². The van der Waals surface area contributed by atoms with Gasteiger partial charge in [-0.3, -0.25) is 9.59 Å². The highest BCUT2D eigenvalue weighted by molar-refractivity contribution is 7.90. The van der Waals surface area contributed by atoms with Gasteiger partial charge in [-0.15, -0.1) is 0 Å². The third-order valence-corrected chi connectivity index (χ3v) is 7.30. The van der Waals surface area contributed by atoms with E-state index in [1.54, 1.807) is 31.4 Å².